The molecule has 0 bridgehead atoms. The van der Waals surface area contributed by atoms with Gasteiger partial charge in [-0.1, -0.05) is 30.3 Å². The Kier molecular flexibility index (Phi) is 6.80. The second-order valence-electron chi connectivity index (χ2n) is 7.11. The molecule has 1 aliphatic rings. The van der Waals surface area contributed by atoms with Crippen molar-refractivity contribution < 1.29 is 19.1 Å². The van der Waals surface area contributed by atoms with Crippen molar-refractivity contribution in [2.24, 2.45) is 0 Å². The molecule has 29 heavy (non-hydrogen) atoms. The third kappa shape index (κ3) is 5.31. The van der Waals surface area contributed by atoms with Gasteiger partial charge in [0.15, 0.2) is 5.69 Å². The molecule has 3 rings (SSSR count). The van der Waals surface area contributed by atoms with E-state index in [1.54, 1.807) is 6.92 Å². The van der Waals surface area contributed by atoms with E-state index in [1.165, 1.54) is 7.11 Å². The van der Waals surface area contributed by atoms with Crippen LogP contribution in [0.25, 0.3) is 0 Å². The Labute approximate surface area is 171 Å². The molecule has 0 saturated heterocycles. The molecule has 0 atom stereocenters. The van der Waals surface area contributed by atoms with E-state index in [4.69, 9.17) is 14.5 Å². The van der Waals surface area contributed by atoms with Gasteiger partial charge < -0.3 is 14.4 Å². The molecule has 0 unspecified atom stereocenters. The smallest absolute Gasteiger partial charge is 0.357 e. The summed E-state index contributed by atoms with van der Waals surface area (Å²) in [5.41, 5.74) is 2.02. The molecule has 1 aromatic carbocycles. The van der Waals surface area contributed by atoms with Crippen molar-refractivity contribution in [2.75, 3.05) is 25.2 Å². The maximum atomic E-state index is 12.3. The first-order valence-corrected chi connectivity index (χ1v) is 9.94. The van der Waals surface area contributed by atoms with Crippen molar-refractivity contribution in [3.63, 3.8) is 0 Å². The van der Waals surface area contributed by atoms with E-state index in [0.29, 0.717) is 36.9 Å². The van der Waals surface area contributed by atoms with Gasteiger partial charge in [0, 0.05) is 24.6 Å². The summed E-state index contributed by atoms with van der Waals surface area (Å²) in [6, 6.07) is 9.96. The molecule has 0 aliphatic heterocycles. The zero-order valence-electron chi connectivity index (χ0n) is 17.2. The number of nitrogens with zero attached hydrogens (tertiary/aromatic N) is 3. The highest BCUT2D eigenvalue weighted by Crippen LogP contribution is 2.39. The van der Waals surface area contributed by atoms with Crippen LogP contribution >= 0.6 is 0 Å². The average Bonchev–Trinajstić information content (AvgIpc) is 3.57. The Morgan fingerprint density at radius 1 is 1.17 bits per heavy atom. The van der Waals surface area contributed by atoms with Crippen molar-refractivity contribution in [3.8, 4) is 0 Å². The lowest BCUT2D eigenvalue weighted by Crippen LogP contribution is -2.29. The standard InChI is InChI=1S/C22H27N3O4/c1-4-29-18(26)12-13-25(14-16-8-6-5-7-9-16)21-15(2)19(22(27)28-3)23-20(24-21)17-10-11-17/h5-9,17H,4,10-14H2,1-3H3. The minimum atomic E-state index is -0.474. The van der Waals surface area contributed by atoms with Crippen molar-refractivity contribution >= 4 is 17.8 Å². The zero-order chi connectivity index (χ0) is 20.8. The molecule has 1 fully saturated rings. The maximum absolute atomic E-state index is 12.3. The third-order valence-electron chi connectivity index (χ3n) is 4.87. The minimum absolute atomic E-state index is 0.233. The Hall–Kier alpha value is -2.96. The first-order chi connectivity index (χ1) is 14.0. The zero-order valence-corrected chi connectivity index (χ0v) is 17.2. The van der Waals surface area contributed by atoms with Gasteiger partial charge in [-0.15, -0.1) is 0 Å². The lowest BCUT2D eigenvalue weighted by Gasteiger charge is -2.26. The van der Waals surface area contributed by atoms with Crippen LogP contribution in [0.15, 0.2) is 30.3 Å². The minimum Gasteiger partial charge on any atom is -0.466 e. The fourth-order valence-electron chi connectivity index (χ4n) is 3.17. The summed E-state index contributed by atoms with van der Waals surface area (Å²) in [6.07, 6.45) is 2.27. The normalized spacial score (nSPS) is 13.1. The van der Waals surface area contributed by atoms with Crippen molar-refractivity contribution in [1.82, 2.24) is 9.97 Å². The van der Waals surface area contributed by atoms with E-state index < -0.39 is 5.97 Å². The molecule has 7 nitrogen and oxygen atoms in total. The van der Waals surface area contributed by atoms with E-state index in [2.05, 4.69) is 4.98 Å². The van der Waals surface area contributed by atoms with Crippen LogP contribution in [0.1, 0.15) is 59.5 Å². The summed E-state index contributed by atoms with van der Waals surface area (Å²) >= 11 is 0. The second kappa shape index (κ2) is 9.49. The topological polar surface area (TPSA) is 81.6 Å². The number of ether oxygens (including phenoxy) is 2. The van der Waals surface area contributed by atoms with Gasteiger partial charge in [0.1, 0.15) is 11.6 Å². The summed E-state index contributed by atoms with van der Waals surface area (Å²) < 4.78 is 10.0. The lowest BCUT2D eigenvalue weighted by molar-refractivity contribution is -0.142. The Morgan fingerprint density at radius 2 is 1.90 bits per heavy atom. The molecular weight excluding hydrogens is 370 g/mol. The molecule has 1 aromatic heterocycles. The summed E-state index contributed by atoms with van der Waals surface area (Å²) in [4.78, 5) is 35.6. The summed E-state index contributed by atoms with van der Waals surface area (Å²) in [7, 11) is 1.35. The predicted molar refractivity (Wildman–Crippen MR) is 109 cm³/mol. The van der Waals surface area contributed by atoms with Crippen LogP contribution in [-0.4, -0.2) is 42.2 Å². The number of carbonyl (C=O) groups is 2. The van der Waals surface area contributed by atoms with Crippen LogP contribution in [0.5, 0.6) is 0 Å². The van der Waals surface area contributed by atoms with Gasteiger partial charge in [0.25, 0.3) is 0 Å². The molecule has 1 aliphatic carbocycles. The van der Waals surface area contributed by atoms with Gasteiger partial charge in [-0.3, -0.25) is 4.79 Å². The number of hydrogen-bond donors (Lipinski definition) is 0. The van der Waals surface area contributed by atoms with E-state index in [9.17, 15) is 9.59 Å². The van der Waals surface area contributed by atoms with Gasteiger partial charge in [-0.05, 0) is 32.3 Å². The quantitative estimate of drug-likeness (QED) is 0.600. The molecule has 0 spiro atoms. The predicted octanol–water partition coefficient (Wildman–Crippen LogP) is 3.41. The van der Waals surface area contributed by atoms with Gasteiger partial charge in [0.2, 0.25) is 0 Å². The number of carbonyl (C=O) groups excluding carboxylic acids is 2. The molecule has 7 heteroatoms. The Balaban J connectivity index is 1.97. The number of rotatable bonds is 9. The van der Waals surface area contributed by atoms with Gasteiger partial charge in [0.05, 0.1) is 20.1 Å². The van der Waals surface area contributed by atoms with E-state index in [-0.39, 0.29) is 24.0 Å². The Bertz CT molecular complexity index is 866. The number of methoxy groups -OCH3 is 1. The molecule has 1 heterocycles. The maximum Gasteiger partial charge on any atom is 0.357 e. The molecule has 2 aromatic rings. The van der Waals surface area contributed by atoms with Crippen molar-refractivity contribution in [2.45, 2.75) is 45.6 Å². The van der Waals surface area contributed by atoms with Crippen LogP contribution in [0.4, 0.5) is 5.82 Å². The first kappa shape index (κ1) is 20.8. The Morgan fingerprint density at radius 3 is 2.52 bits per heavy atom. The molecule has 0 N–H and O–H groups in total. The first-order valence-electron chi connectivity index (χ1n) is 9.94. The van der Waals surface area contributed by atoms with Gasteiger partial charge in [-0.2, -0.15) is 0 Å². The summed E-state index contributed by atoms with van der Waals surface area (Å²) in [6.45, 7) is 4.95. The van der Waals surface area contributed by atoms with E-state index in [1.807, 2.05) is 42.2 Å². The fourth-order valence-corrected chi connectivity index (χ4v) is 3.17. The van der Waals surface area contributed by atoms with Crippen LogP contribution in [0, 0.1) is 6.92 Å². The van der Waals surface area contributed by atoms with Crippen molar-refractivity contribution in [3.05, 3.63) is 53.0 Å². The molecule has 0 amide bonds. The fraction of sp³-hybridized carbons (Fsp3) is 0.455. The highest BCUT2D eigenvalue weighted by Gasteiger charge is 2.30. The summed E-state index contributed by atoms with van der Waals surface area (Å²) in [5.74, 6) is 0.878. The molecular formula is C22H27N3O4. The number of aromatic nitrogens is 2. The van der Waals surface area contributed by atoms with Gasteiger partial charge in [-0.25, -0.2) is 14.8 Å². The highest BCUT2D eigenvalue weighted by molar-refractivity contribution is 5.90. The second-order valence-corrected chi connectivity index (χ2v) is 7.11. The highest BCUT2D eigenvalue weighted by atomic mass is 16.5. The largest absolute Gasteiger partial charge is 0.466 e. The molecule has 154 valence electrons. The van der Waals surface area contributed by atoms with Crippen LogP contribution in [0.3, 0.4) is 0 Å². The number of esters is 2. The number of benzene rings is 1. The molecule has 1 saturated carbocycles. The lowest BCUT2D eigenvalue weighted by atomic mass is 10.1. The average molecular weight is 397 g/mol. The van der Waals surface area contributed by atoms with Crippen LogP contribution < -0.4 is 4.90 Å². The number of hydrogen-bond acceptors (Lipinski definition) is 7. The third-order valence-corrected chi connectivity index (χ3v) is 4.87. The SMILES string of the molecule is CCOC(=O)CCN(Cc1ccccc1)c1nc(C2CC2)nc(C(=O)OC)c1C. The van der Waals surface area contributed by atoms with Crippen LogP contribution in [0.2, 0.25) is 0 Å². The van der Waals surface area contributed by atoms with E-state index in [0.717, 1.165) is 18.4 Å². The van der Waals surface area contributed by atoms with Crippen molar-refractivity contribution in [1.29, 1.82) is 0 Å². The molecule has 0 radical (unpaired) electrons. The number of anilines is 1. The van der Waals surface area contributed by atoms with Crippen LogP contribution in [-0.2, 0) is 20.8 Å². The van der Waals surface area contributed by atoms with Gasteiger partial charge >= 0.3 is 11.9 Å². The summed E-state index contributed by atoms with van der Waals surface area (Å²) in [5, 5.41) is 0. The monoisotopic (exact) mass is 397 g/mol. The van der Waals surface area contributed by atoms with E-state index >= 15 is 0 Å².